The van der Waals surface area contributed by atoms with Gasteiger partial charge in [0.1, 0.15) is 17.7 Å². The Morgan fingerprint density at radius 3 is 2.52 bits per heavy atom. The van der Waals surface area contributed by atoms with Crippen molar-refractivity contribution in [3.05, 3.63) is 65.0 Å². The number of aliphatic hydroxyl groups excluding tert-OH is 1. The van der Waals surface area contributed by atoms with Gasteiger partial charge in [0.15, 0.2) is 0 Å². The predicted molar refractivity (Wildman–Crippen MR) is 82.0 cm³/mol. The molecule has 0 bridgehead atoms. The zero-order valence-corrected chi connectivity index (χ0v) is 12.5. The first-order valence-corrected chi connectivity index (χ1v) is 7.28. The zero-order chi connectivity index (χ0) is 15.2. The van der Waals surface area contributed by atoms with Crippen LogP contribution >= 0.6 is 0 Å². The number of rotatable bonds is 6. The SMILES string of the molecule is CCCCOc1ccc(C(O)c2cc(C)ccc2F)cc1. The number of hydrogen-bond acceptors (Lipinski definition) is 2. The highest BCUT2D eigenvalue weighted by Crippen LogP contribution is 2.26. The number of benzene rings is 2. The first-order valence-electron chi connectivity index (χ1n) is 7.28. The van der Waals surface area contributed by atoms with E-state index in [9.17, 15) is 9.50 Å². The van der Waals surface area contributed by atoms with E-state index >= 15 is 0 Å². The Hall–Kier alpha value is -1.87. The van der Waals surface area contributed by atoms with Crippen molar-refractivity contribution in [3.8, 4) is 5.75 Å². The van der Waals surface area contributed by atoms with Crippen molar-refractivity contribution >= 4 is 0 Å². The van der Waals surface area contributed by atoms with Crippen molar-refractivity contribution in [2.45, 2.75) is 32.8 Å². The van der Waals surface area contributed by atoms with Gasteiger partial charge in [-0.05, 0) is 37.1 Å². The Kier molecular flexibility index (Phi) is 5.34. The van der Waals surface area contributed by atoms with Gasteiger partial charge in [-0.15, -0.1) is 0 Å². The summed E-state index contributed by atoms with van der Waals surface area (Å²) < 4.78 is 19.4. The molecule has 2 nitrogen and oxygen atoms in total. The van der Waals surface area contributed by atoms with Crippen LogP contribution in [0.3, 0.4) is 0 Å². The number of ether oxygens (including phenoxy) is 1. The quantitative estimate of drug-likeness (QED) is 0.799. The Labute approximate surface area is 125 Å². The molecule has 0 amide bonds. The molecule has 2 aromatic carbocycles. The normalized spacial score (nSPS) is 12.2. The van der Waals surface area contributed by atoms with E-state index in [2.05, 4.69) is 6.92 Å². The van der Waals surface area contributed by atoms with E-state index in [0.29, 0.717) is 17.7 Å². The van der Waals surface area contributed by atoms with Crippen LogP contribution in [0.25, 0.3) is 0 Å². The fraction of sp³-hybridized carbons (Fsp3) is 0.333. The summed E-state index contributed by atoms with van der Waals surface area (Å²) >= 11 is 0. The van der Waals surface area contributed by atoms with Gasteiger partial charge in [-0.3, -0.25) is 0 Å². The minimum atomic E-state index is -0.963. The summed E-state index contributed by atoms with van der Waals surface area (Å²) in [6, 6.07) is 11.9. The van der Waals surface area contributed by atoms with E-state index in [1.807, 2.05) is 19.1 Å². The monoisotopic (exact) mass is 288 g/mol. The van der Waals surface area contributed by atoms with Gasteiger partial charge in [-0.1, -0.05) is 43.2 Å². The third-order valence-corrected chi connectivity index (χ3v) is 3.41. The molecule has 0 spiro atoms. The molecule has 21 heavy (non-hydrogen) atoms. The molecule has 0 fully saturated rings. The van der Waals surface area contributed by atoms with Gasteiger partial charge in [0, 0.05) is 5.56 Å². The molecule has 0 saturated carbocycles. The molecule has 2 aromatic rings. The lowest BCUT2D eigenvalue weighted by Crippen LogP contribution is -2.03. The molecule has 0 aliphatic heterocycles. The zero-order valence-electron chi connectivity index (χ0n) is 12.5. The summed E-state index contributed by atoms with van der Waals surface area (Å²) in [5.74, 6) is 0.375. The molecule has 1 atom stereocenters. The molecule has 0 aliphatic carbocycles. The largest absolute Gasteiger partial charge is 0.494 e. The molecule has 0 aliphatic rings. The fourth-order valence-electron chi connectivity index (χ4n) is 2.13. The smallest absolute Gasteiger partial charge is 0.129 e. The molecule has 2 rings (SSSR count). The van der Waals surface area contributed by atoms with Gasteiger partial charge in [-0.25, -0.2) is 4.39 Å². The van der Waals surface area contributed by atoms with Gasteiger partial charge in [0.2, 0.25) is 0 Å². The maximum absolute atomic E-state index is 13.8. The Balaban J connectivity index is 2.12. The Bertz CT molecular complexity index is 578. The van der Waals surface area contributed by atoms with Crippen LogP contribution in [-0.2, 0) is 0 Å². The lowest BCUT2D eigenvalue weighted by Gasteiger charge is -2.14. The van der Waals surface area contributed by atoms with Crippen LogP contribution in [0, 0.1) is 12.7 Å². The highest BCUT2D eigenvalue weighted by molar-refractivity contribution is 5.36. The number of halogens is 1. The van der Waals surface area contributed by atoms with E-state index in [0.717, 1.165) is 24.2 Å². The molecule has 0 radical (unpaired) electrons. The highest BCUT2D eigenvalue weighted by Gasteiger charge is 2.15. The third kappa shape index (κ3) is 4.05. The van der Waals surface area contributed by atoms with E-state index < -0.39 is 11.9 Å². The lowest BCUT2D eigenvalue weighted by molar-refractivity contribution is 0.214. The Morgan fingerprint density at radius 2 is 1.86 bits per heavy atom. The highest BCUT2D eigenvalue weighted by atomic mass is 19.1. The second-order valence-corrected chi connectivity index (χ2v) is 5.20. The number of unbranched alkanes of at least 4 members (excludes halogenated alkanes) is 1. The van der Waals surface area contributed by atoms with Gasteiger partial charge in [0.25, 0.3) is 0 Å². The summed E-state index contributed by atoms with van der Waals surface area (Å²) in [6.07, 6.45) is 1.14. The van der Waals surface area contributed by atoms with Crippen LogP contribution < -0.4 is 4.74 Å². The van der Waals surface area contributed by atoms with Gasteiger partial charge >= 0.3 is 0 Å². The van der Waals surface area contributed by atoms with Crippen molar-refractivity contribution in [2.24, 2.45) is 0 Å². The second kappa shape index (κ2) is 7.23. The molecule has 1 N–H and O–H groups in total. The molecule has 112 valence electrons. The van der Waals surface area contributed by atoms with Crippen LogP contribution in [-0.4, -0.2) is 11.7 Å². The van der Waals surface area contributed by atoms with E-state index in [1.165, 1.54) is 6.07 Å². The number of aliphatic hydroxyl groups is 1. The van der Waals surface area contributed by atoms with Crippen LogP contribution in [0.1, 0.15) is 42.6 Å². The van der Waals surface area contributed by atoms with Gasteiger partial charge < -0.3 is 9.84 Å². The van der Waals surface area contributed by atoms with Crippen LogP contribution in [0.15, 0.2) is 42.5 Å². The van der Waals surface area contributed by atoms with Crippen molar-refractivity contribution in [1.29, 1.82) is 0 Å². The Morgan fingerprint density at radius 1 is 1.14 bits per heavy atom. The van der Waals surface area contributed by atoms with Crippen molar-refractivity contribution in [3.63, 3.8) is 0 Å². The van der Waals surface area contributed by atoms with Crippen LogP contribution in [0.5, 0.6) is 5.75 Å². The van der Waals surface area contributed by atoms with Crippen molar-refractivity contribution in [2.75, 3.05) is 6.61 Å². The first-order chi connectivity index (χ1) is 10.1. The van der Waals surface area contributed by atoms with E-state index in [4.69, 9.17) is 4.74 Å². The maximum Gasteiger partial charge on any atom is 0.129 e. The molecule has 1 unspecified atom stereocenters. The van der Waals surface area contributed by atoms with Gasteiger partial charge in [0.05, 0.1) is 6.61 Å². The van der Waals surface area contributed by atoms with Gasteiger partial charge in [-0.2, -0.15) is 0 Å². The second-order valence-electron chi connectivity index (χ2n) is 5.20. The average Bonchev–Trinajstić information content (AvgIpc) is 2.50. The number of hydrogen-bond donors (Lipinski definition) is 1. The lowest BCUT2D eigenvalue weighted by atomic mass is 9.99. The fourth-order valence-corrected chi connectivity index (χ4v) is 2.13. The predicted octanol–water partition coefficient (Wildman–Crippen LogP) is 4.39. The molecule has 3 heteroatoms. The van der Waals surface area contributed by atoms with E-state index in [-0.39, 0.29) is 0 Å². The van der Waals surface area contributed by atoms with Crippen LogP contribution in [0.2, 0.25) is 0 Å². The summed E-state index contributed by atoms with van der Waals surface area (Å²) in [6.45, 7) is 4.67. The molecule has 0 aromatic heterocycles. The average molecular weight is 288 g/mol. The summed E-state index contributed by atoms with van der Waals surface area (Å²) in [5, 5.41) is 10.3. The third-order valence-electron chi connectivity index (χ3n) is 3.41. The number of aryl methyl sites for hydroxylation is 1. The summed E-state index contributed by atoms with van der Waals surface area (Å²) in [7, 11) is 0. The van der Waals surface area contributed by atoms with Crippen LogP contribution in [0.4, 0.5) is 4.39 Å². The van der Waals surface area contributed by atoms with E-state index in [1.54, 1.807) is 24.3 Å². The molecular weight excluding hydrogens is 267 g/mol. The minimum absolute atomic E-state index is 0.301. The molecular formula is C18H21FO2. The van der Waals surface area contributed by atoms with Crippen molar-refractivity contribution < 1.29 is 14.2 Å². The molecule has 0 saturated heterocycles. The first kappa shape index (κ1) is 15.5. The topological polar surface area (TPSA) is 29.5 Å². The minimum Gasteiger partial charge on any atom is -0.494 e. The standard InChI is InChI=1S/C18H21FO2/c1-3-4-11-21-15-8-6-14(7-9-15)18(20)16-12-13(2)5-10-17(16)19/h5-10,12,18,20H,3-4,11H2,1-2H3. The summed E-state index contributed by atoms with van der Waals surface area (Å²) in [5.41, 5.74) is 1.88. The summed E-state index contributed by atoms with van der Waals surface area (Å²) in [4.78, 5) is 0. The maximum atomic E-state index is 13.8. The van der Waals surface area contributed by atoms with Crippen molar-refractivity contribution in [1.82, 2.24) is 0 Å². The molecule has 0 heterocycles.